The molecule has 1 aromatic carbocycles. The SMILES string of the molecule is C=CCN1C(=O)[C@H](Cc2ccc(F)cc2)S/C1=N\N=C/c1ccco1. The van der Waals surface area contributed by atoms with E-state index in [-0.39, 0.29) is 17.0 Å². The molecule has 3 rings (SSSR count). The van der Waals surface area contributed by atoms with Crippen molar-refractivity contribution < 1.29 is 13.6 Å². The summed E-state index contributed by atoms with van der Waals surface area (Å²) in [7, 11) is 0. The van der Waals surface area contributed by atoms with Gasteiger partial charge in [0.1, 0.15) is 11.6 Å². The van der Waals surface area contributed by atoms with Crippen LogP contribution in [0.4, 0.5) is 4.39 Å². The number of benzene rings is 1. The van der Waals surface area contributed by atoms with Gasteiger partial charge in [-0.3, -0.25) is 9.69 Å². The van der Waals surface area contributed by atoms with Crippen molar-refractivity contribution in [3.05, 3.63) is 72.5 Å². The van der Waals surface area contributed by atoms with Crippen LogP contribution in [0.2, 0.25) is 0 Å². The Morgan fingerprint density at radius 2 is 2.12 bits per heavy atom. The summed E-state index contributed by atoms with van der Waals surface area (Å²) in [5, 5.41) is 8.32. The molecule has 0 bridgehead atoms. The molecule has 1 saturated heterocycles. The van der Waals surface area contributed by atoms with E-state index < -0.39 is 0 Å². The third-order valence-corrected chi connectivity index (χ3v) is 4.70. The van der Waals surface area contributed by atoms with Gasteiger partial charge in [0.15, 0.2) is 5.17 Å². The molecule has 1 aromatic heterocycles. The number of amidine groups is 1. The normalized spacial score (nSPS) is 19.2. The maximum atomic E-state index is 13.0. The molecular formula is C18H16FN3O2S. The molecule has 0 radical (unpaired) electrons. The number of hydrogen-bond donors (Lipinski definition) is 0. The molecule has 0 unspecified atom stereocenters. The topological polar surface area (TPSA) is 58.2 Å². The monoisotopic (exact) mass is 357 g/mol. The molecule has 2 heterocycles. The van der Waals surface area contributed by atoms with Gasteiger partial charge >= 0.3 is 0 Å². The first-order valence-corrected chi connectivity index (χ1v) is 8.53. The second kappa shape index (κ2) is 7.94. The van der Waals surface area contributed by atoms with E-state index in [0.29, 0.717) is 23.9 Å². The number of carbonyl (C=O) groups excluding carboxylic acids is 1. The minimum Gasteiger partial charge on any atom is -0.463 e. The van der Waals surface area contributed by atoms with Crippen molar-refractivity contribution in [2.45, 2.75) is 11.7 Å². The van der Waals surface area contributed by atoms with E-state index in [9.17, 15) is 9.18 Å². The molecule has 7 heteroatoms. The molecule has 1 fully saturated rings. The Labute approximate surface area is 148 Å². The first-order chi connectivity index (χ1) is 12.2. The van der Waals surface area contributed by atoms with Gasteiger partial charge in [-0.1, -0.05) is 30.0 Å². The highest BCUT2D eigenvalue weighted by Gasteiger charge is 2.37. The molecule has 128 valence electrons. The van der Waals surface area contributed by atoms with Crippen LogP contribution in [-0.2, 0) is 11.2 Å². The Morgan fingerprint density at radius 1 is 1.32 bits per heavy atom. The molecule has 1 atom stereocenters. The van der Waals surface area contributed by atoms with Crippen LogP contribution in [0.3, 0.4) is 0 Å². The lowest BCUT2D eigenvalue weighted by Crippen LogP contribution is -2.32. The van der Waals surface area contributed by atoms with Gasteiger partial charge in [-0.15, -0.1) is 11.7 Å². The highest BCUT2D eigenvalue weighted by molar-refractivity contribution is 8.15. The minimum absolute atomic E-state index is 0.0545. The summed E-state index contributed by atoms with van der Waals surface area (Å²) in [5.41, 5.74) is 0.895. The lowest BCUT2D eigenvalue weighted by atomic mass is 10.1. The third kappa shape index (κ3) is 4.24. The smallest absolute Gasteiger partial charge is 0.242 e. The number of nitrogens with zero attached hydrogens (tertiary/aromatic N) is 3. The van der Waals surface area contributed by atoms with Gasteiger partial charge in [0.2, 0.25) is 5.91 Å². The second-order valence-electron chi connectivity index (χ2n) is 5.32. The predicted molar refractivity (Wildman–Crippen MR) is 97.1 cm³/mol. The molecule has 1 aliphatic rings. The number of thioether (sulfide) groups is 1. The number of rotatable bonds is 6. The van der Waals surface area contributed by atoms with E-state index >= 15 is 0 Å². The molecule has 25 heavy (non-hydrogen) atoms. The fourth-order valence-corrected chi connectivity index (χ4v) is 3.49. The van der Waals surface area contributed by atoms with Crippen LogP contribution in [0, 0.1) is 5.82 Å². The first kappa shape index (κ1) is 17.2. The van der Waals surface area contributed by atoms with Crippen molar-refractivity contribution in [1.29, 1.82) is 0 Å². The zero-order valence-electron chi connectivity index (χ0n) is 13.3. The number of halogens is 1. The van der Waals surface area contributed by atoms with Crippen LogP contribution in [0.15, 0.2) is 69.9 Å². The summed E-state index contributed by atoms with van der Waals surface area (Å²) in [6, 6.07) is 9.67. The third-order valence-electron chi connectivity index (χ3n) is 3.54. The van der Waals surface area contributed by atoms with Gasteiger partial charge < -0.3 is 4.42 Å². The molecule has 0 aliphatic carbocycles. The summed E-state index contributed by atoms with van der Waals surface area (Å²) in [6.45, 7) is 4.04. The Bertz CT molecular complexity index is 800. The molecular weight excluding hydrogens is 341 g/mol. The van der Waals surface area contributed by atoms with Crippen LogP contribution < -0.4 is 0 Å². The maximum Gasteiger partial charge on any atom is 0.242 e. The van der Waals surface area contributed by atoms with Crippen LogP contribution in [0.1, 0.15) is 11.3 Å². The standard InChI is InChI=1S/C18H16FN3O2S/c1-2-9-22-17(23)16(11-13-5-7-14(19)8-6-13)25-18(22)21-20-12-15-4-3-10-24-15/h2-8,10,12,16H,1,9,11H2/b20-12-,21-18-/t16-/m0/s1. The molecule has 1 aliphatic heterocycles. The highest BCUT2D eigenvalue weighted by Crippen LogP contribution is 2.30. The quantitative estimate of drug-likeness (QED) is 0.452. The van der Waals surface area contributed by atoms with E-state index in [1.807, 2.05) is 0 Å². The molecule has 0 saturated carbocycles. The number of hydrogen-bond acceptors (Lipinski definition) is 5. The average Bonchev–Trinajstić information content (AvgIpc) is 3.21. The van der Waals surface area contributed by atoms with Crippen molar-refractivity contribution in [3.63, 3.8) is 0 Å². The summed E-state index contributed by atoms with van der Waals surface area (Å²) >= 11 is 1.34. The molecule has 5 nitrogen and oxygen atoms in total. The van der Waals surface area contributed by atoms with Crippen molar-refractivity contribution in [1.82, 2.24) is 4.90 Å². The maximum absolute atomic E-state index is 13.0. The van der Waals surface area contributed by atoms with Gasteiger partial charge in [0.05, 0.1) is 17.7 Å². The molecule has 0 spiro atoms. The fourth-order valence-electron chi connectivity index (χ4n) is 2.35. The van der Waals surface area contributed by atoms with Crippen LogP contribution in [0.5, 0.6) is 0 Å². The van der Waals surface area contributed by atoms with Gasteiger partial charge in [-0.05, 0) is 36.2 Å². The van der Waals surface area contributed by atoms with Crippen LogP contribution in [-0.4, -0.2) is 34.0 Å². The Morgan fingerprint density at radius 3 is 2.80 bits per heavy atom. The lowest BCUT2D eigenvalue weighted by Gasteiger charge is -2.12. The molecule has 1 amide bonds. The zero-order chi connectivity index (χ0) is 17.6. The number of carbonyl (C=O) groups is 1. The largest absolute Gasteiger partial charge is 0.463 e. The predicted octanol–water partition coefficient (Wildman–Crippen LogP) is 3.48. The molecule has 0 N–H and O–H groups in total. The van der Waals surface area contributed by atoms with Crippen molar-refractivity contribution >= 4 is 29.1 Å². The summed E-state index contributed by atoms with van der Waals surface area (Å²) < 4.78 is 18.2. The summed E-state index contributed by atoms with van der Waals surface area (Å²) in [6.07, 6.45) is 5.17. The first-order valence-electron chi connectivity index (χ1n) is 7.65. The van der Waals surface area contributed by atoms with Crippen LogP contribution in [0.25, 0.3) is 0 Å². The second-order valence-corrected chi connectivity index (χ2v) is 6.49. The van der Waals surface area contributed by atoms with Crippen molar-refractivity contribution in [2.75, 3.05) is 6.54 Å². The Kier molecular flexibility index (Phi) is 5.45. The Hall–Kier alpha value is -2.67. The zero-order valence-corrected chi connectivity index (χ0v) is 14.2. The number of amides is 1. The highest BCUT2D eigenvalue weighted by atomic mass is 32.2. The van der Waals surface area contributed by atoms with E-state index in [0.717, 1.165) is 5.56 Å². The van der Waals surface area contributed by atoms with Crippen molar-refractivity contribution in [3.8, 4) is 0 Å². The van der Waals surface area contributed by atoms with Gasteiger partial charge in [-0.2, -0.15) is 5.10 Å². The van der Waals surface area contributed by atoms with Gasteiger partial charge in [0, 0.05) is 6.54 Å². The molecule has 2 aromatic rings. The minimum atomic E-state index is -0.317. The lowest BCUT2D eigenvalue weighted by molar-refractivity contribution is -0.125. The van der Waals surface area contributed by atoms with Gasteiger partial charge in [-0.25, -0.2) is 4.39 Å². The summed E-state index contributed by atoms with van der Waals surface area (Å²) in [4.78, 5) is 14.1. The van der Waals surface area contributed by atoms with Gasteiger partial charge in [0.25, 0.3) is 0 Å². The Balaban J connectivity index is 1.74. The van der Waals surface area contributed by atoms with E-state index in [4.69, 9.17) is 4.42 Å². The van der Waals surface area contributed by atoms with Crippen LogP contribution >= 0.6 is 11.8 Å². The van der Waals surface area contributed by atoms with E-state index in [2.05, 4.69) is 16.8 Å². The fraction of sp³-hybridized carbons (Fsp3) is 0.167. The number of furan rings is 1. The average molecular weight is 357 g/mol. The van der Waals surface area contributed by atoms with E-state index in [1.54, 1.807) is 41.5 Å². The summed E-state index contributed by atoms with van der Waals surface area (Å²) in [5.74, 6) is 0.231. The van der Waals surface area contributed by atoms with E-state index in [1.165, 1.54) is 30.1 Å². The van der Waals surface area contributed by atoms with Crippen molar-refractivity contribution in [2.24, 2.45) is 10.2 Å².